The molecule has 0 saturated carbocycles. The molecule has 3 aliphatic heterocycles. The summed E-state index contributed by atoms with van der Waals surface area (Å²) >= 11 is 1.11. The van der Waals surface area contributed by atoms with Crippen LogP contribution in [0.5, 0.6) is 0 Å². The largest absolute Gasteiger partial charge is 0.417 e. The smallest absolute Gasteiger partial charge is 0.390 e. The molecule has 0 unspecified atom stereocenters. The maximum atomic E-state index is 14.0. The molecule has 2 saturated heterocycles. The van der Waals surface area contributed by atoms with E-state index in [-0.39, 0.29) is 24.5 Å². The van der Waals surface area contributed by atoms with E-state index in [0.29, 0.717) is 73.9 Å². The number of nitrogens with zero attached hydrogens (tertiary/aromatic N) is 5. The molecule has 5 rings (SSSR count). The van der Waals surface area contributed by atoms with E-state index >= 15 is 0 Å². The van der Waals surface area contributed by atoms with Crippen molar-refractivity contribution in [3.8, 4) is 11.3 Å². The topological polar surface area (TPSA) is 81.9 Å². The summed E-state index contributed by atoms with van der Waals surface area (Å²) in [7, 11) is -3.51. The van der Waals surface area contributed by atoms with Gasteiger partial charge >= 0.3 is 6.18 Å². The Kier molecular flexibility index (Phi) is 10.7. The van der Waals surface area contributed by atoms with Gasteiger partial charge in [0, 0.05) is 73.2 Å². The van der Waals surface area contributed by atoms with Crippen LogP contribution >= 0.6 is 11.8 Å². The molecule has 0 radical (unpaired) electrons. The summed E-state index contributed by atoms with van der Waals surface area (Å²) in [6.07, 6.45) is -1.47. The Morgan fingerprint density at radius 1 is 1.05 bits per heavy atom. The second kappa shape index (κ2) is 14.0. The van der Waals surface area contributed by atoms with Gasteiger partial charge in [-0.15, -0.1) is 11.8 Å². The van der Waals surface area contributed by atoms with Crippen molar-refractivity contribution in [1.82, 2.24) is 23.9 Å². The highest BCUT2D eigenvalue weighted by Gasteiger charge is 2.35. The molecule has 0 amide bonds. The molecule has 8 nitrogen and oxygen atoms in total. The lowest BCUT2D eigenvalue weighted by Gasteiger charge is -2.32. The normalized spacial score (nSPS) is 21.1. The Bertz CT molecular complexity index is 1390. The molecule has 0 bridgehead atoms. The Labute approximate surface area is 261 Å². The molecule has 3 aliphatic rings. The maximum Gasteiger partial charge on any atom is 0.417 e. The van der Waals surface area contributed by atoms with Gasteiger partial charge in [-0.2, -0.15) is 22.6 Å². The van der Waals surface area contributed by atoms with E-state index in [9.17, 15) is 31.1 Å². The molecule has 1 atom stereocenters. The summed E-state index contributed by atoms with van der Waals surface area (Å²) in [5.41, 5.74) is 1.64. The van der Waals surface area contributed by atoms with Crippen molar-refractivity contribution in [2.24, 2.45) is 5.92 Å². The number of β-amino-alcohol motifs (C(OH)–C–C–N with tert-alkyl or cyclic N) is 1. The lowest BCUT2D eigenvalue weighted by molar-refractivity contribution is -0.139. The van der Waals surface area contributed by atoms with E-state index in [4.69, 9.17) is 5.10 Å². The van der Waals surface area contributed by atoms with Gasteiger partial charge in [0.1, 0.15) is 6.17 Å². The fourth-order valence-electron chi connectivity index (χ4n) is 6.37. The number of rotatable bonds is 10. The van der Waals surface area contributed by atoms with Crippen LogP contribution in [0.4, 0.5) is 17.6 Å². The average Bonchev–Trinajstić information content (AvgIpc) is 3.31. The fraction of sp³-hybridized carbons (Fsp3) is 0.700. The van der Waals surface area contributed by atoms with Crippen LogP contribution in [0.1, 0.15) is 49.4 Å². The zero-order chi connectivity index (χ0) is 31.6. The van der Waals surface area contributed by atoms with Gasteiger partial charge in [-0.05, 0) is 56.8 Å². The van der Waals surface area contributed by atoms with E-state index in [1.165, 1.54) is 16.4 Å². The van der Waals surface area contributed by atoms with Gasteiger partial charge in [0.05, 0.1) is 30.2 Å². The van der Waals surface area contributed by atoms with E-state index in [2.05, 4.69) is 16.7 Å². The zero-order valence-electron chi connectivity index (χ0n) is 25.4. The Morgan fingerprint density at radius 2 is 1.73 bits per heavy atom. The molecule has 2 aromatic rings. The quantitative estimate of drug-likeness (QED) is 0.297. The Balaban J connectivity index is 1.41. The fourth-order valence-corrected chi connectivity index (χ4v) is 8.27. The van der Waals surface area contributed by atoms with Crippen LogP contribution in [-0.2, 0) is 35.7 Å². The SMILES string of the molecule is CC1CCN(C[C@@H](O)Cn2nc(-c3ccc(C(F)(F)F)c(SCCN4CCC(F)CC4)c3)c3c2CCN(S(C)(=O)=O)C3)CC1. The first kappa shape index (κ1) is 33.6. The number of alkyl halides is 4. The number of hydrogen-bond donors (Lipinski definition) is 1. The summed E-state index contributed by atoms with van der Waals surface area (Å²) in [5.74, 6) is 1.09. The van der Waals surface area contributed by atoms with Gasteiger partial charge < -0.3 is 14.9 Å². The van der Waals surface area contributed by atoms with Crippen LogP contribution in [0.2, 0.25) is 0 Å². The molecule has 1 aromatic carbocycles. The number of hydrogen-bond acceptors (Lipinski definition) is 7. The predicted octanol–water partition coefficient (Wildman–Crippen LogP) is 4.51. The van der Waals surface area contributed by atoms with Gasteiger partial charge in [-0.3, -0.25) is 4.68 Å². The summed E-state index contributed by atoms with van der Waals surface area (Å²) in [4.78, 5) is 4.40. The monoisotopic (exact) mass is 661 g/mol. The minimum absolute atomic E-state index is 0.0671. The second-order valence-electron chi connectivity index (χ2n) is 12.5. The zero-order valence-corrected chi connectivity index (χ0v) is 27.0. The van der Waals surface area contributed by atoms with Gasteiger partial charge in [0.25, 0.3) is 0 Å². The predicted molar refractivity (Wildman–Crippen MR) is 164 cm³/mol. The number of sulfonamides is 1. The van der Waals surface area contributed by atoms with Crippen LogP contribution in [0, 0.1) is 5.92 Å². The molecule has 0 aliphatic carbocycles. The van der Waals surface area contributed by atoms with Crippen molar-refractivity contribution >= 4 is 21.8 Å². The highest BCUT2D eigenvalue weighted by atomic mass is 32.2. The van der Waals surface area contributed by atoms with E-state index in [0.717, 1.165) is 55.7 Å². The number of benzene rings is 1. The van der Waals surface area contributed by atoms with Crippen LogP contribution in [0.25, 0.3) is 11.3 Å². The van der Waals surface area contributed by atoms with Crippen LogP contribution in [0.15, 0.2) is 23.1 Å². The number of likely N-dealkylation sites (tertiary alicyclic amines) is 2. The van der Waals surface area contributed by atoms with E-state index in [1.807, 2.05) is 0 Å². The first-order valence-corrected chi connectivity index (χ1v) is 18.3. The molecule has 246 valence electrons. The number of aromatic nitrogens is 2. The summed E-state index contributed by atoms with van der Waals surface area (Å²) in [6.45, 7) is 6.86. The number of aliphatic hydroxyl groups excluding tert-OH is 1. The molecular weight excluding hydrogens is 618 g/mol. The number of thioether (sulfide) groups is 1. The highest BCUT2D eigenvalue weighted by molar-refractivity contribution is 7.99. The van der Waals surface area contributed by atoms with E-state index < -0.39 is 34.0 Å². The molecular formula is C30H43F4N5O3S2. The average molecular weight is 662 g/mol. The van der Waals surface area contributed by atoms with Crippen LogP contribution in [-0.4, -0.2) is 108 Å². The molecule has 1 aromatic heterocycles. The maximum absolute atomic E-state index is 14.0. The molecule has 4 heterocycles. The molecule has 44 heavy (non-hydrogen) atoms. The summed E-state index contributed by atoms with van der Waals surface area (Å²) in [5, 5.41) is 15.8. The second-order valence-corrected chi connectivity index (χ2v) is 15.6. The van der Waals surface area contributed by atoms with E-state index in [1.54, 1.807) is 4.68 Å². The molecule has 0 spiro atoms. The lowest BCUT2D eigenvalue weighted by atomic mass is 9.99. The van der Waals surface area contributed by atoms with Crippen molar-refractivity contribution < 1.29 is 31.1 Å². The summed E-state index contributed by atoms with van der Waals surface area (Å²) < 4.78 is 83.6. The van der Waals surface area contributed by atoms with Crippen molar-refractivity contribution in [1.29, 1.82) is 0 Å². The van der Waals surface area contributed by atoms with Gasteiger partial charge in [0.15, 0.2) is 0 Å². The Morgan fingerprint density at radius 3 is 2.39 bits per heavy atom. The van der Waals surface area contributed by atoms with Gasteiger partial charge in [-0.25, -0.2) is 12.8 Å². The first-order chi connectivity index (χ1) is 20.8. The third kappa shape index (κ3) is 8.35. The number of halogens is 4. The standard InChI is InChI=1S/C30H43F4N5O3S2/c1-21-5-10-37(11-6-21)18-24(40)19-39-27-9-14-38(44(2,41)42)20-25(27)29(35-39)22-3-4-26(30(32,33)34)28(17-22)43-16-15-36-12-7-23(31)8-13-36/h3-4,17,21,23-24,40H,5-16,18-20H2,1-2H3/t24-/m1/s1. The minimum atomic E-state index is -4.55. The van der Waals surface area contributed by atoms with Gasteiger partial charge in [-0.1, -0.05) is 13.0 Å². The van der Waals surface area contributed by atoms with Crippen molar-refractivity contribution in [3.05, 3.63) is 35.0 Å². The highest BCUT2D eigenvalue weighted by Crippen LogP contribution is 2.40. The molecule has 14 heteroatoms. The number of fused-ring (bicyclic) bond motifs is 1. The minimum Gasteiger partial charge on any atom is -0.390 e. The van der Waals surface area contributed by atoms with Crippen LogP contribution < -0.4 is 0 Å². The van der Waals surface area contributed by atoms with Crippen molar-refractivity contribution in [2.75, 3.05) is 57.8 Å². The molecule has 2 fully saturated rings. The third-order valence-electron chi connectivity index (χ3n) is 9.04. The van der Waals surface area contributed by atoms with Crippen LogP contribution in [0.3, 0.4) is 0 Å². The number of aliphatic hydroxyl groups is 1. The third-order valence-corrected chi connectivity index (χ3v) is 11.3. The summed E-state index contributed by atoms with van der Waals surface area (Å²) in [6, 6.07) is 3.97. The lowest BCUT2D eigenvalue weighted by Crippen LogP contribution is -2.40. The molecule has 1 N–H and O–H groups in total. The van der Waals surface area contributed by atoms with Gasteiger partial charge in [0.2, 0.25) is 10.0 Å². The van der Waals surface area contributed by atoms with Crippen molar-refractivity contribution in [3.63, 3.8) is 0 Å². The Hall–Kier alpha value is -1.71. The van der Waals surface area contributed by atoms with Crippen molar-refractivity contribution in [2.45, 2.75) is 75.5 Å². The number of piperidine rings is 2. The first-order valence-electron chi connectivity index (χ1n) is 15.4.